The number of aromatic nitrogens is 5. The van der Waals surface area contributed by atoms with Crippen LogP contribution in [0.25, 0.3) is 22.5 Å². The molecule has 0 saturated carbocycles. The van der Waals surface area contributed by atoms with Crippen LogP contribution in [-0.4, -0.2) is 37.4 Å². The van der Waals surface area contributed by atoms with E-state index in [1.54, 1.807) is 22.8 Å². The minimum Gasteiger partial charge on any atom is -0.415 e. The molecule has 5 rings (SSSR count). The molecule has 1 fully saturated rings. The second-order valence-electron chi connectivity index (χ2n) is 7.09. The summed E-state index contributed by atoms with van der Waals surface area (Å²) in [6.07, 6.45) is -1.46. The molecule has 0 spiro atoms. The Morgan fingerprint density at radius 2 is 2.03 bits per heavy atom. The van der Waals surface area contributed by atoms with E-state index in [9.17, 15) is 18.0 Å². The fourth-order valence-corrected chi connectivity index (χ4v) is 3.81. The third-order valence-corrected chi connectivity index (χ3v) is 5.76. The molecule has 31 heavy (non-hydrogen) atoms. The highest BCUT2D eigenvalue weighted by molar-refractivity contribution is 9.10. The largest absolute Gasteiger partial charge is 0.415 e. The number of imidazole rings is 1. The van der Waals surface area contributed by atoms with Gasteiger partial charge in [-0.2, -0.15) is 8.78 Å². The second kappa shape index (κ2) is 7.61. The Balaban J connectivity index is 1.51. The van der Waals surface area contributed by atoms with Crippen LogP contribution in [0.3, 0.4) is 0 Å². The Morgan fingerprint density at radius 3 is 2.65 bits per heavy atom. The van der Waals surface area contributed by atoms with Crippen molar-refractivity contribution in [3.63, 3.8) is 0 Å². The predicted octanol–water partition coefficient (Wildman–Crippen LogP) is 3.28. The van der Waals surface area contributed by atoms with Crippen LogP contribution in [0.4, 0.5) is 13.2 Å². The molecular formula is C19H14BrF3N6O2. The molecule has 3 aromatic heterocycles. The van der Waals surface area contributed by atoms with Crippen LogP contribution in [0.15, 0.2) is 44.1 Å². The first-order chi connectivity index (χ1) is 14.9. The zero-order valence-electron chi connectivity index (χ0n) is 15.7. The number of fused-ring (bicyclic) bond motifs is 1. The zero-order chi connectivity index (χ0) is 21.7. The van der Waals surface area contributed by atoms with Gasteiger partial charge in [0.2, 0.25) is 5.89 Å². The van der Waals surface area contributed by atoms with Crippen LogP contribution in [0.5, 0.6) is 0 Å². The molecule has 1 aliphatic heterocycles. The van der Waals surface area contributed by atoms with Crippen molar-refractivity contribution >= 4 is 27.0 Å². The second-order valence-corrected chi connectivity index (χ2v) is 7.94. The first kappa shape index (κ1) is 19.9. The van der Waals surface area contributed by atoms with Crippen molar-refractivity contribution in [2.45, 2.75) is 19.0 Å². The van der Waals surface area contributed by atoms with E-state index in [1.807, 2.05) is 0 Å². The van der Waals surface area contributed by atoms with Gasteiger partial charge in [-0.15, -0.1) is 10.2 Å². The summed E-state index contributed by atoms with van der Waals surface area (Å²) in [4.78, 5) is 17.4. The molecule has 0 radical (unpaired) electrons. The minimum atomic E-state index is -2.86. The van der Waals surface area contributed by atoms with Crippen LogP contribution in [0.1, 0.15) is 24.1 Å². The zero-order valence-corrected chi connectivity index (χ0v) is 17.3. The molecule has 8 nitrogen and oxygen atoms in total. The average molecular weight is 495 g/mol. The maximum absolute atomic E-state index is 14.2. The highest BCUT2D eigenvalue weighted by atomic mass is 79.9. The third kappa shape index (κ3) is 3.45. The Labute approximate surface area is 180 Å². The number of halogens is 4. The smallest absolute Gasteiger partial charge is 0.329 e. The summed E-state index contributed by atoms with van der Waals surface area (Å²) in [5.41, 5.74) is 1.72. The Morgan fingerprint density at radius 1 is 1.23 bits per heavy atom. The van der Waals surface area contributed by atoms with Crippen molar-refractivity contribution in [1.29, 1.82) is 0 Å². The fourth-order valence-electron chi connectivity index (χ4n) is 3.48. The Bertz CT molecular complexity index is 1330. The normalized spacial score (nSPS) is 14.5. The van der Waals surface area contributed by atoms with Gasteiger partial charge in [-0.25, -0.2) is 9.18 Å². The van der Waals surface area contributed by atoms with Crippen molar-refractivity contribution in [3.8, 4) is 11.5 Å². The molecule has 0 aliphatic carbocycles. The van der Waals surface area contributed by atoms with Crippen LogP contribution >= 0.6 is 15.9 Å². The first-order valence-electron chi connectivity index (χ1n) is 9.29. The maximum Gasteiger partial charge on any atom is 0.329 e. The van der Waals surface area contributed by atoms with Gasteiger partial charge in [0.15, 0.2) is 0 Å². The first-order valence-corrected chi connectivity index (χ1v) is 10.1. The predicted molar refractivity (Wildman–Crippen MR) is 107 cm³/mol. The van der Waals surface area contributed by atoms with E-state index in [4.69, 9.17) is 4.42 Å². The summed E-state index contributed by atoms with van der Waals surface area (Å²) < 4.78 is 47.8. The molecule has 0 unspecified atom stereocenters. The minimum absolute atomic E-state index is 0.00879. The molecule has 1 aromatic carbocycles. The van der Waals surface area contributed by atoms with Crippen LogP contribution in [0, 0.1) is 5.82 Å². The topological polar surface area (TPSA) is 90.8 Å². The highest BCUT2D eigenvalue weighted by Crippen LogP contribution is 2.27. The van der Waals surface area contributed by atoms with Gasteiger partial charge in [-0.3, -0.25) is 14.1 Å². The molecule has 0 bridgehead atoms. The quantitative estimate of drug-likeness (QED) is 0.457. The molecule has 160 valence electrons. The van der Waals surface area contributed by atoms with Gasteiger partial charge in [0.05, 0.1) is 39.4 Å². The standard InChI is InChI=1S/C19H14BrF3N6O2/c20-12-3-15-14(4-13(12)21)28(19(30)29(15)11-6-24-7-11)8-10-2-1-9(5-25-10)17-26-27-18(31-17)16(22)23/h1-5,11,16,24H,6-8H2. The third-order valence-electron chi connectivity index (χ3n) is 5.15. The van der Waals surface area contributed by atoms with Gasteiger partial charge in [0.25, 0.3) is 5.89 Å². The van der Waals surface area contributed by atoms with Crippen LogP contribution in [0.2, 0.25) is 0 Å². The van der Waals surface area contributed by atoms with E-state index in [0.29, 0.717) is 35.4 Å². The van der Waals surface area contributed by atoms with E-state index in [-0.39, 0.29) is 28.6 Å². The lowest BCUT2D eigenvalue weighted by molar-refractivity contribution is 0.116. The van der Waals surface area contributed by atoms with E-state index >= 15 is 0 Å². The summed E-state index contributed by atoms with van der Waals surface area (Å²) in [5, 5.41) is 10.0. The van der Waals surface area contributed by atoms with Gasteiger partial charge in [-0.05, 0) is 34.1 Å². The fraction of sp³-hybridized carbons (Fsp3) is 0.263. The molecule has 1 saturated heterocycles. The summed E-state index contributed by atoms with van der Waals surface area (Å²) in [7, 11) is 0. The van der Waals surface area contributed by atoms with E-state index < -0.39 is 18.1 Å². The Hall–Kier alpha value is -2.99. The number of hydrogen-bond donors (Lipinski definition) is 1. The van der Waals surface area contributed by atoms with Gasteiger partial charge in [0.1, 0.15) is 5.82 Å². The lowest BCUT2D eigenvalue weighted by Gasteiger charge is -2.28. The SMILES string of the molecule is O=c1n(Cc2ccc(-c3nnc(C(F)F)o3)cn2)c2cc(F)c(Br)cc2n1C1CNC1. The molecule has 0 amide bonds. The van der Waals surface area contributed by atoms with Crippen molar-refractivity contribution in [3.05, 3.63) is 62.8 Å². The highest BCUT2D eigenvalue weighted by Gasteiger charge is 2.26. The van der Waals surface area contributed by atoms with Gasteiger partial charge in [-0.1, -0.05) is 0 Å². The van der Waals surface area contributed by atoms with E-state index in [0.717, 1.165) is 0 Å². The molecule has 0 atom stereocenters. The van der Waals surface area contributed by atoms with Gasteiger partial charge < -0.3 is 9.73 Å². The van der Waals surface area contributed by atoms with Gasteiger partial charge >= 0.3 is 12.1 Å². The van der Waals surface area contributed by atoms with Gasteiger partial charge in [0, 0.05) is 25.4 Å². The number of nitrogens with one attached hydrogen (secondary N) is 1. The molecule has 1 aliphatic rings. The molecule has 1 N–H and O–H groups in total. The number of alkyl halides is 2. The maximum atomic E-state index is 14.2. The summed E-state index contributed by atoms with van der Waals surface area (Å²) in [5.74, 6) is -1.32. The van der Waals surface area contributed by atoms with E-state index in [1.165, 1.54) is 16.8 Å². The molecular weight excluding hydrogens is 481 g/mol. The number of benzene rings is 1. The lowest BCUT2D eigenvalue weighted by atomic mass is 10.1. The van der Waals surface area contributed by atoms with Crippen molar-refractivity contribution in [2.75, 3.05) is 13.1 Å². The number of pyridine rings is 1. The van der Waals surface area contributed by atoms with E-state index in [2.05, 4.69) is 36.4 Å². The van der Waals surface area contributed by atoms with Crippen molar-refractivity contribution in [1.82, 2.24) is 29.6 Å². The summed E-state index contributed by atoms with van der Waals surface area (Å²) >= 11 is 3.19. The molecule has 4 aromatic rings. The van der Waals surface area contributed by atoms with Crippen LogP contribution < -0.4 is 11.0 Å². The average Bonchev–Trinajstić information content (AvgIpc) is 3.29. The number of hydrogen-bond acceptors (Lipinski definition) is 6. The molecule has 12 heteroatoms. The van der Waals surface area contributed by atoms with Crippen molar-refractivity contribution in [2.24, 2.45) is 0 Å². The van der Waals surface area contributed by atoms with Crippen LogP contribution in [-0.2, 0) is 6.54 Å². The number of nitrogens with zero attached hydrogens (tertiary/aromatic N) is 5. The Kier molecular flexibility index (Phi) is 4.89. The molecule has 4 heterocycles. The number of rotatable bonds is 5. The summed E-state index contributed by atoms with van der Waals surface area (Å²) in [6, 6.07) is 6.13. The monoisotopic (exact) mass is 494 g/mol. The summed E-state index contributed by atoms with van der Waals surface area (Å²) in [6.45, 7) is 1.42. The lowest BCUT2D eigenvalue weighted by Crippen LogP contribution is -2.47. The van der Waals surface area contributed by atoms with Crippen molar-refractivity contribution < 1.29 is 17.6 Å².